The van der Waals surface area contributed by atoms with Crippen molar-refractivity contribution in [2.24, 2.45) is 0 Å². The van der Waals surface area contributed by atoms with E-state index in [0.29, 0.717) is 31.4 Å². The highest BCUT2D eigenvalue weighted by atomic mass is 35.5. The Morgan fingerprint density at radius 1 is 1.16 bits per heavy atom. The average molecular weight is 384 g/mol. The Morgan fingerprint density at radius 3 is 1.96 bits per heavy atom. The minimum absolute atomic E-state index is 0.144. The van der Waals surface area contributed by atoms with Gasteiger partial charge in [-0.2, -0.15) is 13.2 Å². The van der Waals surface area contributed by atoms with E-state index >= 15 is 0 Å². The maximum absolute atomic E-state index is 13.0. The van der Waals surface area contributed by atoms with Crippen LogP contribution in [0.5, 0.6) is 0 Å². The summed E-state index contributed by atoms with van der Waals surface area (Å²) in [4.78, 5) is 21.7. The Morgan fingerprint density at radius 2 is 1.64 bits per heavy atom. The quantitative estimate of drug-likeness (QED) is 0.269. The monoisotopic (exact) mass is 383 g/mol. The van der Waals surface area contributed by atoms with Crippen LogP contribution in [0.3, 0.4) is 0 Å². The van der Waals surface area contributed by atoms with E-state index in [9.17, 15) is 33.4 Å². The first-order chi connectivity index (χ1) is 11.5. The molecule has 0 N–H and O–H groups in total. The molecule has 0 bridgehead atoms. The molecule has 0 fully saturated rings. The smallest absolute Gasteiger partial charge is 0.344 e. The Bertz CT molecular complexity index is 620. The molecule has 1 rings (SSSR count). The third-order valence-electron chi connectivity index (χ3n) is 3.51. The van der Waals surface area contributed by atoms with Crippen LogP contribution in [0.15, 0.2) is 12.1 Å². The molecular weight excluding hydrogens is 367 g/mol. The molecule has 140 valence electrons. The molecule has 0 aromatic heterocycles. The highest BCUT2D eigenvalue weighted by Crippen LogP contribution is 2.44. The van der Waals surface area contributed by atoms with E-state index in [0.717, 1.165) is 0 Å². The average Bonchev–Trinajstić information content (AvgIpc) is 2.53. The lowest BCUT2D eigenvalue weighted by Crippen LogP contribution is -2.33. The lowest BCUT2D eigenvalue weighted by Gasteiger charge is -2.28. The molecule has 0 aliphatic heterocycles. The first-order valence-electron chi connectivity index (χ1n) is 7.49. The van der Waals surface area contributed by atoms with E-state index in [1.54, 1.807) is 6.92 Å². The molecule has 0 heterocycles. The van der Waals surface area contributed by atoms with Crippen molar-refractivity contribution in [3.8, 4) is 0 Å². The molecule has 0 spiro atoms. The highest BCUT2D eigenvalue weighted by molar-refractivity contribution is 6.22. The van der Waals surface area contributed by atoms with E-state index in [2.05, 4.69) is 0 Å². The Labute approximate surface area is 146 Å². The molecule has 0 amide bonds. The second-order valence-corrected chi connectivity index (χ2v) is 5.77. The molecule has 0 saturated carbocycles. The van der Waals surface area contributed by atoms with Crippen molar-refractivity contribution in [2.75, 3.05) is 11.4 Å². The van der Waals surface area contributed by atoms with Crippen molar-refractivity contribution >= 4 is 28.7 Å². The molecule has 1 atom stereocenters. The molecule has 0 radical (unpaired) electrons. The summed E-state index contributed by atoms with van der Waals surface area (Å²) in [5, 5.41) is 22.6. The van der Waals surface area contributed by atoms with Crippen LogP contribution in [0.25, 0.3) is 0 Å². The van der Waals surface area contributed by atoms with Crippen LogP contribution < -0.4 is 4.90 Å². The maximum Gasteiger partial charge on any atom is 0.416 e. The van der Waals surface area contributed by atoms with E-state index in [1.807, 2.05) is 6.92 Å². The Kier molecular flexibility index (Phi) is 6.97. The second-order valence-electron chi connectivity index (χ2n) is 5.26. The zero-order chi connectivity index (χ0) is 19.4. The van der Waals surface area contributed by atoms with Crippen LogP contribution in [-0.4, -0.2) is 21.9 Å². The van der Waals surface area contributed by atoms with Crippen LogP contribution in [0.4, 0.5) is 30.2 Å². The van der Waals surface area contributed by atoms with Gasteiger partial charge in [-0.3, -0.25) is 20.2 Å². The predicted molar refractivity (Wildman–Crippen MR) is 86.9 cm³/mol. The standard InChI is InChI=1S/C14H17ClF3N3O4/c1-3-5-6-19(12(15)4-2)13-10(20(22)23)7-9(14(16,17)18)8-11(13)21(24)25/h7-8,12H,3-6H2,1-2H3. The zero-order valence-electron chi connectivity index (χ0n) is 13.5. The number of anilines is 1. The number of nitrogens with zero attached hydrogens (tertiary/aromatic N) is 3. The number of hydrogen-bond acceptors (Lipinski definition) is 5. The van der Waals surface area contributed by atoms with Crippen molar-refractivity contribution in [2.45, 2.75) is 44.8 Å². The highest BCUT2D eigenvalue weighted by Gasteiger charge is 2.40. The first-order valence-corrected chi connectivity index (χ1v) is 7.92. The number of nitro groups is 2. The van der Waals surface area contributed by atoms with Gasteiger partial charge in [-0.25, -0.2) is 0 Å². The van der Waals surface area contributed by atoms with Gasteiger partial charge in [-0.05, 0) is 12.8 Å². The van der Waals surface area contributed by atoms with E-state index in [1.165, 1.54) is 4.90 Å². The van der Waals surface area contributed by atoms with Gasteiger partial charge in [0.1, 0.15) is 5.50 Å². The predicted octanol–water partition coefficient (Wildman–Crippen LogP) is 5.10. The number of benzene rings is 1. The summed E-state index contributed by atoms with van der Waals surface area (Å²) in [6, 6.07) is 0.612. The largest absolute Gasteiger partial charge is 0.416 e. The number of alkyl halides is 4. The van der Waals surface area contributed by atoms with Crippen LogP contribution in [0.1, 0.15) is 38.7 Å². The van der Waals surface area contributed by atoms with Crippen molar-refractivity contribution in [3.05, 3.63) is 37.9 Å². The molecule has 1 aromatic rings. The van der Waals surface area contributed by atoms with Gasteiger partial charge >= 0.3 is 6.18 Å². The first kappa shape index (κ1) is 20.9. The van der Waals surface area contributed by atoms with Gasteiger partial charge in [0, 0.05) is 18.7 Å². The van der Waals surface area contributed by atoms with E-state index < -0.39 is 44.1 Å². The van der Waals surface area contributed by atoms with Crippen molar-refractivity contribution in [1.29, 1.82) is 0 Å². The van der Waals surface area contributed by atoms with Crippen LogP contribution in [-0.2, 0) is 6.18 Å². The number of rotatable bonds is 8. The van der Waals surface area contributed by atoms with Crippen molar-refractivity contribution in [1.82, 2.24) is 0 Å². The van der Waals surface area contributed by atoms with Crippen LogP contribution >= 0.6 is 11.6 Å². The Balaban J connectivity index is 3.74. The molecule has 1 aromatic carbocycles. The maximum atomic E-state index is 13.0. The van der Waals surface area contributed by atoms with E-state index in [-0.39, 0.29) is 6.54 Å². The molecular formula is C14H17ClF3N3O4. The van der Waals surface area contributed by atoms with Gasteiger partial charge < -0.3 is 4.90 Å². The summed E-state index contributed by atoms with van der Waals surface area (Å²) in [6.45, 7) is 3.65. The lowest BCUT2D eigenvalue weighted by molar-refractivity contribution is -0.393. The van der Waals surface area contributed by atoms with Gasteiger partial charge in [0.25, 0.3) is 11.4 Å². The molecule has 0 saturated heterocycles. The summed E-state index contributed by atoms with van der Waals surface area (Å²) in [6.07, 6.45) is -3.47. The molecule has 11 heteroatoms. The summed E-state index contributed by atoms with van der Waals surface area (Å²) in [5.74, 6) is 0. The molecule has 7 nitrogen and oxygen atoms in total. The second kappa shape index (κ2) is 8.32. The fraction of sp³-hybridized carbons (Fsp3) is 0.571. The zero-order valence-corrected chi connectivity index (χ0v) is 14.3. The lowest BCUT2D eigenvalue weighted by atomic mass is 10.1. The topological polar surface area (TPSA) is 89.5 Å². The number of halogens is 4. The van der Waals surface area contributed by atoms with Crippen LogP contribution in [0, 0.1) is 20.2 Å². The van der Waals surface area contributed by atoms with Crippen molar-refractivity contribution in [3.63, 3.8) is 0 Å². The molecule has 1 unspecified atom stereocenters. The van der Waals surface area contributed by atoms with Gasteiger partial charge in [-0.1, -0.05) is 31.9 Å². The summed E-state index contributed by atoms with van der Waals surface area (Å²) in [5.41, 5.74) is -4.76. The minimum Gasteiger partial charge on any atom is -0.344 e. The van der Waals surface area contributed by atoms with Crippen LogP contribution in [0.2, 0.25) is 0 Å². The molecule has 0 aliphatic carbocycles. The fourth-order valence-electron chi connectivity index (χ4n) is 2.28. The van der Waals surface area contributed by atoms with Gasteiger partial charge in [0.05, 0.1) is 15.4 Å². The third kappa shape index (κ3) is 4.94. The van der Waals surface area contributed by atoms with Gasteiger partial charge in [-0.15, -0.1) is 0 Å². The van der Waals surface area contributed by atoms with Crippen molar-refractivity contribution < 1.29 is 23.0 Å². The SMILES string of the molecule is CCCCN(c1c([N+](=O)[O-])cc(C(F)(F)F)cc1[N+](=O)[O-])C(Cl)CC. The summed E-state index contributed by atoms with van der Waals surface area (Å²) < 4.78 is 38.9. The molecule has 25 heavy (non-hydrogen) atoms. The number of nitro benzene ring substituents is 2. The minimum atomic E-state index is -4.95. The Hall–Kier alpha value is -2.10. The normalized spacial score (nSPS) is 12.7. The summed E-state index contributed by atoms with van der Waals surface area (Å²) in [7, 11) is 0. The number of unbranched alkanes of at least 4 members (excludes halogenated alkanes) is 1. The third-order valence-corrected chi connectivity index (χ3v) is 4.05. The summed E-state index contributed by atoms with van der Waals surface area (Å²) >= 11 is 6.14. The fourth-order valence-corrected chi connectivity index (χ4v) is 2.48. The number of hydrogen-bond donors (Lipinski definition) is 0. The molecule has 0 aliphatic rings. The van der Waals surface area contributed by atoms with Gasteiger partial charge in [0.2, 0.25) is 0 Å². The van der Waals surface area contributed by atoms with Gasteiger partial charge in [0.15, 0.2) is 5.69 Å². The van der Waals surface area contributed by atoms with E-state index in [4.69, 9.17) is 11.6 Å².